The van der Waals surface area contributed by atoms with Gasteiger partial charge < -0.3 is 5.32 Å². The van der Waals surface area contributed by atoms with Crippen molar-refractivity contribution in [3.05, 3.63) is 27.4 Å². The zero-order valence-electron chi connectivity index (χ0n) is 10.2. The molecule has 1 aromatic rings. The number of rotatable bonds is 5. The Morgan fingerprint density at radius 1 is 1.63 bits per heavy atom. The summed E-state index contributed by atoms with van der Waals surface area (Å²) in [4.78, 5) is 27.7. The molecule has 1 aliphatic carbocycles. The highest BCUT2D eigenvalue weighted by Gasteiger charge is 2.29. The van der Waals surface area contributed by atoms with E-state index >= 15 is 0 Å². The molecule has 0 aliphatic heterocycles. The van der Waals surface area contributed by atoms with Crippen LogP contribution in [0, 0.1) is 11.3 Å². The number of nitrogens with one attached hydrogen (secondary N) is 1. The molecular formula is C12H13ClN4O2. The van der Waals surface area contributed by atoms with E-state index in [1.165, 1.54) is 10.6 Å². The van der Waals surface area contributed by atoms with Crippen molar-refractivity contribution in [2.75, 3.05) is 6.54 Å². The molecule has 100 valence electrons. The van der Waals surface area contributed by atoms with E-state index in [0.717, 1.165) is 12.8 Å². The number of halogens is 1. The maximum Gasteiger partial charge on any atom is 0.255 e. The highest BCUT2D eigenvalue weighted by Crippen LogP contribution is 2.38. The van der Waals surface area contributed by atoms with Gasteiger partial charge in [0.05, 0.1) is 12.5 Å². The normalized spacial score (nSPS) is 13.9. The summed E-state index contributed by atoms with van der Waals surface area (Å²) in [5.41, 5.74) is -0.322. The topological polar surface area (TPSA) is 87.8 Å². The minimum absolute atomic E-state index is 0.0831. The van der Waals surface area contributed by atoms with Gasteiger partial charge in [-0.25, -0.2) is 4.98 Å². The van der Waals surface area contributed by atoms with Crippen LogP contribution in [0.2, 0.25) is 5.15 Å². The largest absolute Gasteiger partial charge is 0.354 e. The SMILES string of the molecule is N#CCCNC(=O)Cn1c(C2CC2)nc(Cl)cc1=O. The van der Waals surface area contributed by atoms with Gasteiger partial charge in [0.25, 0.3) is 5.56 Å². The molecule has 1 saturated carbocycles. The summed E-state index contributed by atoms with van der Waals surface area (Å²) in [5.74, 6) is 0.495. The highest BCUT2D eigenvalue weighted by molar-refractivity contribution is 6.29. The van der Waals surface area contributed by atoms with E-state index in [9.17, 15) is 9.59 Å². The predicted octanol–water partition coefficient (Wildman–Crippen LogP) is 0.804. The first kappa shape index (κ1) is 13.6. The Hall–Kier alpha value is -1.87. The van der Waals surface area contributed by atoms with Crippen molar-refractivity contribution in [2.24, 2.45) is 0 Å². The van der Waals surface area contributed by atoms with E-state index < -0.39 is 0 Å². The minimum atomic E-state index is -0.322. The molecule has 1 aliphatic rings. The van der Waals surface area contributed by atoms with Crippen LogP contribution >= 0.6 is 11.6 Å². The van der Waals surface area contributed by atoms with Gasteiger partial charge in [-0.3, -0.25) is 14.2 Å². The molecule has 6 nitrogen and oxygen atoms in total. The molecule has 7 heteroatoms. The van der Waals surface area contributed by atoms with Crippen LogP contribution in [0.15, 0.2) is 10.9 Å². The lowest BCUT2D eigenvalue weighted by Gasteiger charge is -2.11. The standard InChI is InChI=1S/C12H13ClN4O2/c13-9-6-11(19)17(12(16-9)8-2-3-8)7-10(18)15-5-1-4-14/h6,8H,1-3,5,7H2,(H,15,18). The Morgan fingerprint density at radius 3 is 3.00 bits per heavy atom. The molecule has 2 rings (SSSR count). The Labute approximate surface area is 115 Å². The van der Waals surface area contributed by atoms with Gasteiger partial charge in [0.15, 0.2) is 0 Å². The Bertz CT molecular complexity index is 586. The number of hydrogen-bond acceptors (Lipinski definition) is 4. The van der Waals surface area contributed by atoms with Gasteiger partial charge in [-0.1, -0.05) is 11.6 Å². The first-order chi connectivity index (χ1) is 9.11. The van der Waals surface area contributed by atoms with Gasteiger partial charge in [-0.15, -0.1) is 0 Å². The van der Waals surface area contributed by atoms with Crippen molar-refractivity contribution in [1.29, 1.82) is 5.26 Å². The third kappa shape index (κ3) is 3.55. The van der Waals surface area contributed by atoms with Gasteiger partial charge in [-0.05, 0) is 12.8 Å². The van der Waals surface area contributed by atoms with Crippen LogP contribution in [0.25, 0.3) is 0 Å². The Morgan fingerprint density at radius 2 is 2.37 bits per heavy atom. The molecule has 0 unspecified atom stereocenters. The van der Waals surface area contributed by atoms with Crippen LogP contribution in [-0.4, -0.2) is 22.0 Å². The molecule has 1 N–H and O–H groups in total. The molecule has 0 atom stereocenters. The fourth-order valence-electron chi connectivity index (χ4n) is 1.76. The van der Waals surface area contributed by atoms with Crippen molar-refractivity contribution in [3.63, 3.8) is 0 Å². The summed E-state index contributed by atoms with van der Waals surface area (Å²) in [6.45, 7) is 0.199. The number of hydrogen-bond donors (Lipinski definition) is 1. The monoisotopic (exact) mass is 280 g/mol. The summed E-state index contributed by atoms with van der Waals surface area (Å²) in [7, 11) is 0. The molecule has 0 saturated heterocycles. The quantitative estimate of drug-likeness (QED) is 0.638. The molecule has 19 heavy (non-hydrogen) atoms. The fourth-order valence-corrected chi connectivity index (χ4v) is 1.94. The Balaban J connectivity index is 2.13. The highest BCUT2D eigenvalue weighted by atomic mass is 35.5. The van der Waals surface area contributed by atoms with Gasteiger partial charge in [-0.2, -0.15) is 5.26 Å². The van der Waals surface area contributed by atoms with Crippen LogP contribution in [-0.2, 0) is 11.3 Å². The number of aromatic nitrogens is 2. The van der Waals surface area contributed by atoms with Crippen LogP contribution in [0.1, 0.15) is 31.0 Å². The van der Waals surface area contributed by atoms with Crippen molar-refractivity contribution in [2.45, 2.75) is 31.7 Å². The maximum absolute atomic E-state index is 11.9. The molecule has 1 amide bonds. The van der Waals surface area contributed by atoms with Crippen LogP contribution in [0.3, 0.4) is 0 Å². The van der Waals surface area contributed by atoms with E-state index in [1.807, 2.05) is 6.07 Å². The second-order valence-corrected chi connectivity index (χ2v) is 4.78. The first-order valence-electron chi connectivity index (χ1n) is 6.02. The van der Waals surface area contributed by atoms with Gasteiger partial charge in [0, 0.05) is 18.5 Å². The molecule has 0 spiro atoms. The molecular weight excluding hydrogens is 268 g/mol. The lowest BCUT2D eigenvalue weighted by atomic mass is 10.3. The fraction of sp³-hybridized carbons (Fsp3) is 0.500. The van der Waals surface area contributed by atoms with E-state index in [0.29, 0.717) is 5.82 Å². The smallest absolute Gasteiger partial charge is 0.255 e. The molecule has 1 heterocycles. The lowest BCUT2D eigenvalue weighted by molar-refractivity contribution is -0.121. The molecule has 1 aromatic heterocycles. The number of nitriles is 1. The van der Waals surface area contributed by atoms with E-state index in [4.69, 9.17) is 16.9 Å². The van der Waals surface area contributed by atoms with Gasteiger partial charge >= 0.3 is 0 Å². The number of carbonyl (C=O) groups excluding carboxylic acids is 1. The molecule has 0 bridgehead atoms. The van der Waals surface area contributed by atoms with Crippen molar-refractivity contribution >= 4 is 17.5 Å². The molecule has 0 radical (unpaired) electrons. The number of nitrogens with zero attached hydrogens (tertiary/aromatic N) is 3. The maximum atomic E-state index is 11.9. The van der Waals surface area contributed by atoms with Crippen molar-refractivity contribution < 1.29 is 4.79 Å². The van der Waals surface area contributed by atoms with Gasteiger partial charge in [0.2, 0.25) is 5.91 Å². The summed E-state index contributed by atoms with van der Waals surface area (Å²) in [6, 6.07) is 3.14. The van der Waals surface area contributed by atoms with E-state index in [1.54, 1.807) is 0 Å². The van der Waals surface area contributed by atoms with Gasteiger partial charge in [0.1, 0.15) is 17.5 Å². The summed E-state index contributed by atoms with van der Waals surface area (Å²) < 4.78 is 1.35. The summed E-state index contributed by atoms with van der Waals surface area (Å²) >= 11 is 5.77. The lowest BCUT2D eigenvalue weighted by Crippen LogP contribution is -2.34. The van der Waals surface area contributed by atoms with E-state index in [2.05, 4.69) is 10.3 Å². The molecule has 1 fully saturated rings. The predicted molar refractivity (Wildman–Crippen MR) is 68.7 cm³/mol. The second kappa shape index (κ2) is 5.85. The third-order valence-electron chi connectivity index (χ3n) is 2.81. The van der Waals surface area contributed by atoms with Crippen molar-refractivity contribution in [1.82, 2.24) is 14.9 Å². The van der Waals surface area contributed by atoms with Crippen molar-refractivity contribution in [3.8, 4) is 6.07 Å². The molecule has 0 aromatic carbocycles. The van der Waals surface area contributed by atoms with Crippen LogP contribution in [0.4, 0.5) is 0 Å². The van der Waals surface area contributed by atoms with Crippen LogP contribution in [0.5, 0.6) is 0 Å². The minimum Gasteiger partial charge on any atom is -0.354 e. The van der Waals surface area contributed by atoms with Crippen LogP contribution < -0.4 is 10.9 Å². The van der Waals surface area contributed by atoms with E-state index in [-0.39, 0.29) is 42.0 Å². The average Bonchev–Trinajstić information content (AvgIpc) is 3.16. The summed E-state index contributed by atoms with van der Waals surface area (Å²) in [6.07, 6.45) is 2.17. The first-order valence-corrected chi connectivity index (χ1v) is 6.40. The zero-order chi connectivity index (χ0) is 13.8. The summed E-state index contributed by atoms with van der Waals surface area (Å²) in [5, 5.41) is 11.1. The number of amides is 1. The average molecular weight is 281 g/mol. The number of carbonyl (C=O) groups is 1. The second-order valence-electron chi connectivity index (χ2n) is 4.39. The Kier molecular flexibility index (Phi) is 4.17. The zero-order valence-corrected chi connectivity index (χ0v) is 11.0. The third-order valence-corrected chi connectivity index (χ3v) is 3.00.